The van der Waals surface area contributed by atoms with Gasteiger partial charge in [-0.2, -0.15) is 0 Å². The van der Waals surface area contributed by atoms with E-state index in [9.17, 15) is 4.79 Å². The number of carbonyl (C=O) groups is 1. The molecule has 1 aliphatic carbocycles. The molecule has 0 saturated heterocycles. The van der Waals surface area contributed by atoms with E-state index in [1.807, 2.05) is 24.1 Å². The first-order valence-corrected chi connectivity index (χ1v) is 7.23. The second-order valence-corrected chi connectivity index (χ2v) is 5.49. The van der Waals surface area contributed by atoms with Crippen molar-refractivity contribution in [2.75, 3.05) is 7.05 Å². The van der Waals surface area contributed by atoms with Crippen molar-refractivity contribution in [1.29, 1.82) is 0 Å². The number of nitrogens with zero attached hydrogens (tertiary/aromatic N) is 1. The lowest BCUT2D eigenvalue weighted by atomic mass is 9.95. The molecule has 0 radical (unpaired) electrons. The van der Waals surface area contributed by atoms with E-state index < -0.39 is 0 Å². The third-order valence-corrected chi connectivity index (χ3v) is 4.13. The molecule has 2 rings (SSSR count). The Morgan fingerprint density at radius 3 is 2.63 bits per heavy atom. The van der Waals surface area contributed by atoms with E-state index in [0.717, 1.165) is 12.8 Å². The number of aryl methyl sites for hydroxylation is 1. The molecule has 1 fully saturated rings. The van der Waals surface area contributed by atoms with Crippen LogP contribution < -0.4 is 5.32 Å². The highest BCUT2D eigenvalue weighted by Gasteiger charge is 2.21. The monoisotopic (exact) mass is 260 g/mol. The third-order valence-electron chi connectivity index (χ3n) is 4.13. The molecule has 3 nitrogen and oxygen atoms in total. The number of carbonyl (C=O) groups excluding carboxylic acids is 1. The summed E-state index contributed by atoms with van der Waals surface area (Å²) in [7, 11) is 1.92. The normalized spacial score (nSPS) is 16.1. The SMILES string of the molecule is Cc1ccccc1CNC(=O)N(C)C1CCCCC1. The van der Waals surface area contributed by atoms with Gasteiger partial charge in [0.1, 0.15) is 0 Å². The van der Waals surface area contributed by atoms with Crippen molar-refractivity contribution in [2.24, 2.45) is 0 Å². The smallest absolute Gasteiger partial charge is 0.317 e. The first kappa shape index (κ1) is 13.9. The summed E-state index contributed by atoms with van der Waals surface area (Å²) in [4.78, 5) is 14.0. The highest BCUT2D eigenvalue weighted by molar-refractivity contribution is 5.74. The first-order chi connectivity index (χ1) is 9.18. The summed E-state index contributed by atoms with van der Waals surface area (Å²) in [6, 6.07) is 8.65. The fourth-order valence-corrected chi connectivity index (χ4v) is 2.74. The molecular formula is C16H24N2O. The van der Waals surface area contributed by atoms with Gasteiger partial charge >= 0.3 is 6.03 Å². The maximum Gasteiger partial charge on any atom is 0.317 e. The van der Waals surface area contributed by atoms with Gasteiger partial charge in [-0.1, -0.05) is 43.5 Å². The molecule has 3 heteroatoms. The molecule has 0 aliphatic heterocycles. The standard InChI is InChI=1S/C16H24N2O/c1-13-8-6-7-9-14(13)12-17-16(19)18(2)15-10-4-3-5-11-15/h6-9,15H,3-5,10-12H2,1-2H3,(H,17,19). The van der Waals surface area contributed by atoms with Crippen LogP contribution in [0.2, 0.25) is 0 Å². The Hall–Kier alpha value is -1.51. The minimum absolute atomic E-state index is 0.0511. The second-order valence-electron chi connectivity index (χ2n) is 5.49. The number of benzene rings is 1. The average Bonchev–Trinajstić information content (AvgIpc) is 2.46. The lowest BCUT2D eigenvalue weighted by Crippen LogP contribution is -2.44. The molecule has 1 saturated carbocycles. The number of nitrogens with one attached hydrogen (secondary N) is 1. The molecule has 0 aromatic heterocycles. The van der Waals surface area contributed by atoms with Gasteiger partial charge in [-0.25, -0.2) is 4.79 Å². The highest BCUT2D eigenvalue weighted by atomic mass is 16.2. The molecule has 0 unspecified atom stereocenters. The predicted octanol–water partition coefficient (Wildman–Crippen LogP) is 3.47. The zero-order valence-electron chi connectivity index (χ0n) is 12.0. The molecule has 1 N–H and O–H groups in total. The minimum atomic E-state index is 0.0511. The van der Waals surface area contributed by atoms with Crippen LogP contribution in [0.1, 0.15) is 43.2 Å². The molecule has 104 valence electrons. The Kier molecular flexibility index (Phi) is 4.83. The molecule has 0 bridgehead atoms. The van der Waals surface area contributed by atoms with Crippen molar-refractivity contribution in [3.63, 3.8) is 0 Å². The Morgan fingerprint density at radius 2 is 1.95 bits per heavy atom. The van der Waals surface area contributed by atoms with Crippen LogP contribution in [0.25, 0.3) is 0 Å². The van der Waals surface area contributed by atoms with E-state index in [-0.39, 0.29) is 6.03 Å². The number of urea groups is 1. The minimum Gasteiger partial charge on any atom is -0.334 e. The predicted molar refractivity (Wildman–Crippen MR) is 78.1 cm³/mol. The fourth-order valence-electron chi connectivity index (χ4n) is 2.74. The van der Waals surface area contributed by atoms with Gasteiger partial charge in [0.2, 0.25) is 0 Å². The molecule has 19 heavy (non-hydrogen) atoms. The van der Waals surface area contributed by atoms with Gasteiger partial charge in [0.25, 0.3) is 0 Å². The van der Waals surface area contributed by atoms with Crippen LogP contribution in [-0.4, -0.2) is 24.0 Å². The molecule has 1 aromatic rings. The molecular weight excluding hydrogens is 236 g/mol. The van der Waals surface area contributed by atoms with Crippen molar-refractivity contribution < 1.29 is 4.79 Å². The van der Waals surface area contributed by atoms with Crippen LogP contribution in [-0.2, 0) is 6.54 Å². The van der Waals surface area contributed by atoms with E-state index in [2.05, 4.69) is 24.4 Å². The lowest BCUT2D eigenvalue weighted by Gasteiger charge is -2.31. The molecule has 0 atom stereocenters. The summed E-state index contributed by atoms with van der Waals surface area (Å²) in [5, 5.41) is 3.02. The van der Waals surface area contributed by atoms with E-state index >= 15 is 0 Å². The van der Waals surface area contributed by atoms with E-state index in [4.69, 9.17) is 0 Å². The van der Waals surface area contributed by atoms with E-state index in [0.29, 0.717) is 12.6 Å². The van der Waals surface area contributed by atoms with Gasteiger partial charge in [-0.15, -0.1) is 0 Å². The van der Waals surface area contributed by atoms with Gasteiger partial charge in [0.15, 0.2) is 0 Å². The third kappa shape index (κ3) is 3.72. The lowest BCUT2D eigenvalue weighted by molar-refractivity contribution is 0.173. The fraction of sp³-hybridized carbons (Fsp3) is 0.562. The van der Waals surface area contributed by atoms with Crippen molar-refractivity contribution >= 4 is 6.03 Å². The van der Waals surface area contributed by atoms with Crippen LogP contribution in [0.3, 0.4) is 0 Å². The van der Waals surface area contributed by atoms with Crippen molar-refractivity contribution in [3.8, 4) is 0 Å². The first-order valence-electron chi connectivity index (χ1n) is 7.23. The van der Waals surface area contributed by atoms with Crippen LogP contribution >= 0.6 is 0 Å². The summed E-state index contributed by atoms with van der Waals surface area (Å²) in [6.45, 7) is 2.69. The van der Waals surface area contributed by atoms with Crippen molar-refractivity contribution in [3.05, 3.63) is 35.4 Å². The quantitative estimate of drug-likeness (QED) is 0.886. The van der Waals surface area contributed by atoms with Crippen LogP contribution in [0.4, 0.5) is 4.79 Å². The second kappa shape index (κ2) is 6.60. The van der Waals surface area contributed by atoms with Crippen LogP contribution in [0.15, 0.2) is 24.3 Å². The molecule has 1 aromatic carbocycles. The van der Waals surface area contributed by atoms with Gasteiger partial charge in [-0.05, 0) is 30.9 Å². The Bertz CT molecular complexity index is 425. The maximum absolute atomic E-state index is 12.1. The Balaban J connectivity index is 1.85. The van der Waals surface area contributed by atoms with E-state index in [1.54, 1.807) is 0 Å². The van der Waals surface area contributed by atoms with Crippen molar-refractivity contribution in [1.82, 2.24) is 10.2 Å². The Labute approximate surface area is 116 Å². The summed E-state index contributed by atoms with van der Waals surface area (Å²) in [6.07, 6.45) is 6.11. The highest BCUT2D eigenvalue weighted by Crippen LogP contribution is 2.21. The largest absolute Gasteiger partial charge is 0.334 e. The number of hydrogen-bond donors (Lipinski definition) is 1. The number of hydrogen-bond acceptors (Lipinski definition) is 1. The molecule has 0 heterocycles. The summed E-state index contributed by atoms with van der Waals surface area (Å²) < 4.78 is 0. The van der Waals surface area contributed by atoms with Crippen LogP contribution in [0.5, 0.6) is 0 Å². The molecule has 2 amide bonds. The van der Waals surface area contributed by atoms with Gasteiger partial charge in [-0.3, -0.25) is 0 Å². The van der Waals surface area contributed by atoms with Crippen molar-refractivity contribution in [2.45, 2.75) is 51.6 Å². The number of rotatable bonds is 3. The van der Waals surface area contributed by atoms with Gasteiger partial charge in [0, 0.05) is 19.6 Å². The topological polar surface area (TPSA) is 32.3 Å². The summed E-state index contributed by atoms with van der Waals surface area (Å²) in [5.41, 5.74) is 2.41. The summed E-state index contributed by atoms with van der Waals surface area (Å²) >= 11 is 0. The maximum atomic E-state index is 12.1. The summed E-state index contributed by atoms with van der Waals surface area (Å²) in [5.74, 6) is 0. The van der Waals surface area contributed by atoms with Crippen LogP contribution in [0, 0.1) is 6.92 Å². The number of amides is 2. The van der Waals surface area contributed by atoms with Gasteiger partial charge < -0.3 is 10.2 Å². The Morgan fingerprint density at radius 1 is 1.26 bits per heavy atom. The zero-order chi connectivity index (χ0) is 13.7. The zero-order valence-corrected chi connectivity index (χ0v) is 12.0. The van der Waals surface area contributed by atoms with E-state index in [1.165, 1.54) is 30.4 Å². The average molecular weight is 260 g/mol. The van der Waals surface area contributed by atoms with Gasteiger partial charge in [0.05, 0.1) is 0 Å². The molecule has 1 aliphatic rings. The molecule has 0 spiro atoms.